The van der Waals surface area contributed by atoms with E-state index < -0.39 is 0 Å². The molecule has 1 N–H and O–H groups in total. The number of aromatic nitrogens is 2. The molecule has 6 nitrogen and oxygen atoms in total. The van der Waals surface area contributed by atoms with Crippen LogP contribution in [0.2, 0.25) is 0 Å². The molecular formula is C16H16N4O2. The zero-order chi connectivity index (χ0) is 15.7. The number of nitroso groups, excluding NO2 is 1. The van der Waals surface area contributed by atoms with Crippen LogP contribution in [0.5, 0.6) is 0 Å². The second kappa shape index (κ2) is 5.57. The van der Waals surface area contributed by atoms with Gasteiger partial charge in [-0.1, -0.05) is 18.2 Å². The van der Waals surface area contributed by atoms with Crippen LogP contribution in [0.15, 0.2) is 47.8 Å². The van der Waals surface area contributed by atoms with E-state index in [0.717, 1.165) is 11.3 Å². The van der Waals surface area contributed by atoms with Gasteiger partial charge in [0.1, 0.15) is 11.3 Å². The van der Waals surface area contributed by atoms with E-state index in [1.807, 2.05) is 43.3 Å². The largest absolute Gasteiger partial charge is 0.392 e. The first-order valence-corrected chi connectivity index (χ1v) is 6.87. The van der Waals surface area contributed by atoms with Gasteiger partial charge in [-0.05, 0) is 28.9 Å². The molecule has 2 heterocycles. The summed E-state index contributed by atoms with van der Waals surface area (Å²) in [4.78, 5) is 17.7. The van der Waals surface area contributed by atoms with Crippen molar-refractivity contribution in [1.82, 2.24) is 9.38 Å². The molecule has 0 saturated heterocycles. The maximum Gasteiger partial charge on any atom is 0.209 e. The van der Waals surface area contributed by atoms with Crippen molar-refractivity contribution in [2.45, 2.75) is 6.61 Å². The van der Waals surface area contributed by atoms with E-state index in [9.17, 15) is 10.0 Å². The van der Waals surface area contributed by atoms with Crippen LogP contribution in [0, 0.1) is 4.91 Å². The third-order valence-electron chi connectivity index (χ3n) is 3.58. The van der Waals surface area contributed by atoms with Crippen molar-refractivity contribution in [1.29, 1.82) is 0 Å². The summed E-state index contributed by atoms with van der Waals surface area (Å²) in [5, 5.41) is 12.3. The predicted octanol–water partition coefficient (Wildman–Crippen LogP) is 2.96. The van der Waals surface area contributed by atoms with Gasteiger partial charge in [0.15, 0.2) is 0 Å². The minimum atomic E-state index is -0.0979. The van der Waals surface area contributed by atoms with E-state index in [1.165, 1.54) is 0 Å². The zero-order valence-corrected chi connectivity index (χ0v) is 12.4. The molecule has 0 unspecified atom stereocenters. The first-order valence-electron chi connectivity index (χ1n) is 6.87. The molecule has 0 aliphatic carbocycles. The highest BCUT2D eigenvalue weighted by molar-refractivity contribution is 5.75. The van der Waals surface area contributed by atoms with Gasteiger partial charge in [-0.15, -0.1) is 4.91 Å². The van der Waals surface area contributed by atoms with Crippen LogP contribution in [-0.2, 0) is 6.61 Å². The Labute approximate surface area is 127 Å². The van der Waals surface area contributed by atoms with Gasteiger partial charge in [-0.25, -0.2) is 4.98 Å². The highest BCUT2D eigenvalue weighted by Gasteiger charge is 2.15. The van der Waals surface area contributed by atoms with Gasteiger partial charge in [0.2, 0.25) is 5.82 Å². The molecule has 2 aromatic heterocycles. The van der Waals surface area contributed by atoms with Crippen molar-refractivity contribution in [3.63, 3.8) is 0 Å². The fraction of sp³-hybridized carbons (Fsp3) is 0.188. The lowest BCUT2D eigenvalue weighted by Crippen LogP contribution is -2.07. The lowest BCUT2D eigenvalue weighted by atomic mass is 10.1. The Morgan fingerprint density at radius 3 is 2.50 bits per heavy atom. The first-order chi connectivity index (χ1) is 10.6. The second-order valence-corrected chi connectivity index (χ2v) is 5.24. The normalized spacial score (nSPS) is 10.9. The number of anilines is 1. The van der Waals surface area contributed by atoms with Crippen molar-refractivity contribution < 1.29 is 5.11 Å². The summed E-state index contributed by atoms with van der Waals surface area (Å²) >= 11 is 0. The van der Waals surface area contributed by atoms with Crippen molar-refractivity contribution in [3.8, 4) is 11.3 Å². The van der Waals surface area contributed by atoms with Crippen LogP contribution in [0.1, 0.15) is 5.56 Å². The third-order valence-corrected chi connectivity index (χ3v) is 3.58. The summed E-state index contributed by atoms with van der Waals surface area (Å²) in [7, 11) is 3.93. The van der Waals surface area contributed by atoms with Gasteiger partial charge < -0.3 is 10.0 Å². The highest BCUT2D eigenvalue weighted by atomic mass is 16.3. The molecule has 22 heavy (non-hydrogen) atoms. The van der Waals surface area contributed by atoms with Crippen molar-refractivity contribution >= 4 is 17.2 Å². The maximum atomic E-state index is 11.3. The zero-order valence-electron chi connectivity index (χ0n) is 12.4. The van der Waals surface area contributed by atoms with E-state index >= 15 is 0 Å². The average molecular weight is 296 g/mol. The molecule has 3 rings (SSSR count). The summed E-state index contributed by atoms with van der Waals surface area (Å²) in [6.45, 7) is -0.0979. The van der Waals surface area contributed by atoms with Gasteiger partial charge in [-0.3, -0.25) is 4.40 Å². The van der Waals surface area contributed by atoms with Crippen LogP contribution in [-0.4, -0.2) is 28.6 Å². The number of hydrogen-bond acceptors (Lipinski definition) is 5. The molecule has 3 aromatic rings. The molecule has 0 saturated carbocycles. The second-order valence-electron chi connectivity index (χ2n) is 5.24. The van der Waals surface area contributed by atoms with Crippen LogP contribution >= 0.6 is 0 Å². The Kier molecular flexibility index (Phi) is 3.60. The number of nitrogens with zero attached hydrogens (tertiary/aromatic N) is 4. The Morgan fingerprint density at radius 1 is 1.18 bits per heavy atom. The van der Waals surface area contributed by atoms with E-state index in [-0.39, 0.29) is 12.4 Å². The van der Waals surface area contributed by atoms with Crippen LogP contribution in [0.25, 0.3) is 16.9 Å². The fourth-order valence-electron chi connectivity index (χ4n) is 2.37. The molecule has 0 fully saturated rings. The molecule has 0 aliphatic rings. The quantitative estimate of drug-likeness (QED) is 0.751. The molecule has 0 amide bonds. The van der Waals surface area contributed by atoms with Crippen LogP contribution in [0.4, 0.5) is 11.5 Å². The van der Waals surface area contributed by atoms with E-state index in [2.05, 4.69) is 10.2 Å². The number of rotatable bonds is 4. The van der Waals surface area contributed by atoms with Crippen molar-refractivity contribution in [2.75, 3.05) is 19.0 Å². The topological polar surface area (TPSA) is 70.2 Å². The molecule has 0 spiro atoms. The summed E-state index contributed by atoms with van der Waals surface area (Å²) in [5.41, 5.74) is 3.75. The van der Waals surface area contributed by atoms with Gasteiger partial charge in [0, 0.05) is 31.5 Å². The number of imidazole rings is 1. The summed E-state index contributed by atoms with van der Waals surface area (Å²) < 4.78 is 1.60. The maximum absolute atomic E-state index is 11.3. The summed E-state index contributed by atoms with van der Waals surface area (Å²) in [6.07, 6.45) is 1.68. The SMILES string of the molecule is CN(C)c1ccc(-c2nc3ccc(CO)cn3c2N=O)cc1. The first kappa shape index (κ1) is 14.2. The fourth-order valence-corrected chi connectivity index (χ4v) is 2.37. The van der Waals surface area contributed by atoms with Gasteiger partial charge in [0.05, 0.1) is 6.61 Å². The molecule has 0 atom stereocenters. The monoisotopic (exact) mass is 296 g/mol. The predicted molar refractivity (Wildman–Crippen MR) is 86.3 cm³/mol. The van der Waals surface area contributed by atoms with Crippen LogP contribution < -0.4 is 4.90 Å². The van der Waals surface area contributed by atoms with E-state index in [0.29, 0.717) is 16.9 Å². The third kappa shape index (κ3) is 2.33. The lowest BCUT2D eigenvalue weighted by Gasteiger charge is -2.12. The number of hydrogen-bond donors (Lipinski definition) is 1. The number of benzene rings is 1. The Hall–Kier alpha value is -2.73. The molecule has 0 bridgehead atoms. The van der Waals surface area contributed by atoms with E-state index in [1.54, 1.807) is 22.7 Å². The highest BCUT2D eigenvalue weighted by Crippen LogP contribution is 2.32. The van der Waals surface area contributed by atoms with Crippen molar-refractivity contribution in [2.24, 2.45) is 5.18 Å². The summed E-state index contributed by atoms with van der Waals surface area (Å²) in [6, 6.07) is 11.3. The molecule has 6 heteroatoms. The molecule has 112 valence electrons. The number of aliphatic hydroxyl groups excluding tert-OH is 1. The lowest BCUT2D eigenvalue weighted by molar-refractivity contribution is 0.281. The van der Waals surface area contributed by atoms with Crippen molar-refractivity contribution in [3.05, 3.63) is 53.1 Å². The molecule has 0 radical (unpaired) electrons. The number of fused-ring (bicyclic) bond motifs is 1. The smallest absolute Gasteiger partial charge is 0.209 e. The average Bonchev–Trinajstić information content (AvgIpc) is 2.92. The van der Waals surface area contributed by atoms with Crippen LogP contribution in [0.3, 0.4) is 0 Å². The van der Waals surface area contributed by atoms with E-state index in [4.69, 9.17) is 0 Å². The number of aliphatic hydroxyl groups is 1. The summed E-state index contributed by atoms with van der Waals surface area (Å²) in [5.74, 6) is 0.239. The molecule has 0 aliphatic heterocycles. The minimum absolute atomic E-state index is 0.0979. The molecular weight excluding hydrogens is 280 g/mol. The molecule has 1 aromatic carbocycles. The van der Waals surface area contributed by atoms with Gasteiger partial charge in [0.25, 0.3) is 0 Å². The Balaban J connectivity index is 2.15. The standard InChI is InChI=1S/C16H16N4O2/c1-19(2)13-6-4-12(5-7-13)15-16(18-22)20-9-11(10-21)3-8-14(20)17-15/h3-9,21H,10H2,1-2H3. The van der Waals surface area contributed by atoms with Gasteiger partial charge >= 0.3 is 0 Å². The Bertz CT molecular complexity index is 822. The Morgan fingerprint density at radius 2 is 1.91 bits per heavy atom. The minimum Gasteiger partial charge on any atom is -0.392 e. The van der Waals surface area contributed by atoms with Gasteiger partial charge in [-0.2, -0.15) is 0 Å². The number of pyridine rings is 1.